The van der Waals surface area contributed by atoms with Crippen molar-refractivity contribution in [1.29, 1.82) is 0 Å². The van der Waals surface area contributed by atoms with Crippen LogP contribution in [0, 0.1) is 13.8 Å². The molecule has 0 fully saturated rings. The summed E-state index contributed by atoms with van der Waals surface area (Å²) >= 11 is 0. The quantitative estimate of drug-likeness (QED) is 0.597. The van der Waals surface area contributed by atoms with Crippen molar-refractivity contribution in [2.75, 3.05) is 11.9 Å². The number of hydrogen-bond acceptors (Lipinski definition) is 6. The lowest BCUT2D eigenvalue weighted by atomic mass is 10.1. The van der Waals surface area contributed by atoms with Crippen molar-refractivity contribution in [1.82, 2.24) is 4.57 Å². The summed E-state index contributed by atoms with van der Waals surface area (Å²) in [5.41, 5.74) is 6.02. The van der Waals surface area contributed by atoms with Gasteiger partial charge in [-0.25, -0.2) is 4.79 Å². The highest BCUT2D eigenvalue weighted by molar-refractivity contribution is 6.10. The van der Waals surface area contributed by atoms with E-state index in [2.05, 4.69) is 5.32 Å². The van der Waals surface area contributed by atoms with Gasteiger partial charge in [0.1, 0.15) is 23.4 Å². The number of amides is 2. The van der Waals surface area contributed by atoms with Gasteiger partial charge in [-0.05, 0) is 32.4 Å². The van der Waals surface area contributed by atoms with Gasteiger partial charge in [-0.15, -0.1) is 0 Å². The van der Waals surface area contributed by atoms with E-state index in [4.69, 9.17) is 14.9 Å². The molecule has 9 heteroatoms. The number of aromatic nitrogens is 1. The molecule has 2 heterocycles. The summed E-state index contributed by atoms with van der Waals surface area (Å²) in [5.74, 6) is -2.55. The molecule has 0 radical (unpaired) electrons. The molecule has 0 saturated carbocycles. The minimum absolute atomic E-state index is 0.0792. The number of ether oxygens (including phenoxy) is 1. The number of anilines is 1. The molecule has 1 aromatic carbocycles. The molecule has 0 unspecified atom stereocenters. The fourth-order valence-electron chi connectivity index (χ4n) is 3.29. The van der Waals surface area contributed by atoms with Crippen molar-refractivity contribution >= 4 is 34.6 Å². The van der Waals surface area contributed by atoms with Crippen molar-refractivity contribution in [2.24, 2.45) is 5.73 Å². The summed E-state index contributed by atoms with van der Waals surface area (Å²) in [5, 5.41) is 3.27. The number of aryl methyl sites for hydroxylation is 2. The Morgan fingerprint density at radius 2 is 1.87 bits per heavy atom. The molecule has 0 aliphatic heterocycles. The Labute approximate surface area is 171 Å². The second-order valence-electron chi connectivity index (χ2n) is 6.64. The van der Waals surface area contributed by atoms with E-state index in [9.17, 15) is 19.2 Å². The first-order valence-electron chi connectivity index (χ1n) is 9.24. The fraction of sp³-hybridized carbons (Fsp3) is 0.238. The van der Waals surface area contributed by atoms with Crippen LogP contribution in [-0.4, -0.2) is 29.0 Å². The molecule has 0 bridgehead atoms. The van der Waals surface area contributed by atoms with Gasteiger partial charge < -0.3 is 14.9 Å². The van der Waals surface area contributed by atoms with E-state index in [0.29, 0.717) is 5.52 Å². The van der Waals surface area contributed by atoms with Crippen LogP contribution in [0.25, 0.3) is 10.9 Å². The van der Waals surface area contributed by atoms with Crippen LogP contribution in [0.2, 0.25) is 0 Å². The predicted molar refractivity (Wildman–Crippen MR) is 109 cm³/mol. The molecule has 0 aliphatic rings. The van der Waals surface area contributed by atoms with Crippen molar-refractivity contribution in [2.45, 2.75) is 27.3 Å². The van der Waals surface area contributed by atoms with E-state index in [1.54, 1.807) is 19.1 Å². The third-order valence-corrected chi connectivity index (χ3v) is 4.59. The molecule has 3 N–H and O–H groups in total. The van der Waals surface area contributed by atoms with E-state index < -0.39 is 17.8 Å². The van der Waals surface area contributed by atoms with Crippen molar-refractivity contribution in [3.8, 4) is 0 Å². The topological polar surface area (TPSA) is 134 Å². The smallest absolute Gasteiger partial charge is 0.342 e. The van der Waals surface area contributed by atoms with Gasteiger partial charge in [0.15, 0.2) is 0 Å². The molecule has 2 aromatic heterocycles. The minimum atomic E-state index is -0.955. The number of benzene rings is 1. The van der Waals surface area contributed by atoms with E-state index in [1.807, 2.05) is 19.1 Å². The number of nitrogens with two attached hydrogens (primary N) is 1. The summed E-state index contributed by atoms with van der Waals surface area (Å²) in [7, 11) is 0. The zero-order valence-corrected chi connectivity index (χ0v) is 16.8. The van der Waals surface area contributed by atoms with Crippen LogP contribution in [0.3, 0.4) is 0 Å². The molecule has 0 aliphatic carbocycles. The molecule has 3 rings (SSSR count). The Bertz CT molecular complexity index is 1220. The average Bonchev–Trinajstić information content (AvgIpc) is 3.01. The summed E-state index contributed by atoms with van der Waals surface area (Å²) < 4.78 is 11.6. The lowest BCUT2D eigenvalue weighted by molar-refractivity contribution is -0.116. The van der Waals surface area contributed by atoms with Crippen LogP contribution in [0.5, 0.6) is 0 Å². The highest BCUT2D eigenvalue weighted by Gasteiger charge is 2.29. The van der Waals surface area contributed by atoms with Gasteiger partial charge in [-0.1, -0.05) is 18.2 Å². The largest absolute Gasteiger partial charge is 0.462 e. The number of fused-ring (bicyclic) bond motifs is 1. The first-order chi connectivity index (χ1) is 14.2. The second-order valence-corrected chi connectivity index (χ2v) is 6.64. The maximum Gasteiger partial charge on any atom is 0.342 e. The first-order valence-corrected chi connectivity index (χ1v) is 9.24. The highest BCUT2D eigenvalue weighted by atomic mass is 16.5. The van der Waals surface area contributed by atoms with Crippen LogP contribution in [0.4, 0.5) is 5.88 Å². The third-order valence-electron chi connectivity index (χ3n) is 4.59. The third kappa shape index (κ3) is 3.82. The summed E-state index contributed by atoms with van der Waals surface area (Å²) in [6.07, 6.45) is 0. The van der Waals surface area contributed by atoms with E-state index in [1.165, 1.54) is 17.6 Å². The van der Waals surface area contributed by atoms with E-state index in [-0.39, 0.29) is 41.5 Å². The molecule has 30 heavy (non-hydrogen) atoms. The SMILES string of the molecule is CCOC(=O)c1c(C)oc(NC(=O)Cn2c(=O)cc(C)c3ccccc32)c1C(N)=O. The Hall–Kier alpha value is -3.88. The van der Waals surface area contributed by atoms with Gasteiger partial charge >= 0.3 is 5.97 Å². The molecule has 0 atom stereocenters. The number of carbonyl (C=O) groups is 3. The standard InChI is InChI=1S/C21H21N3O6/c1-4-29-21(28)17-12(3)30-20(18(17)19(22)27)23-15(25)10-24-14-8-6-5-7-13(14)11(2)9-16(24)26/h5-9H,4,10H2,1-3H3,(H2,22,27)(H,23,25). The molecular weight excluding hydrogens is 390 g/mol. The Balaban J connectivity index is 1.96. The van der Waals surface area contributed by atoms with Crippen LogP contribution >= 0.6 is 0 Å². The number of para-hydroxylation sites is 1. The summed E-state index contributed by atoms with van der Waals surface area (Å²) in [4.78, 5) is 49.2. The van der Waals surface area contributed by atoms with Crippen molar-refractivity contribution < 1.29 is 23.5 Å². The van der Waals surface area contributed by atoms with Crippen molar-refractivity contribution in [3.05, 3.63) is 63.1 Å². The number of primary amides is 1. The number of rotatable bonds is 6. The van der Waals surface area contributed by atoms with Gasteiger partial charge in [-0.3, -0.25) is 24.3 Å². The first kappa shape index (κ1) is 20.8. The Morgan fingerprint density at radius 1 is 1.17 bits per heavy atom. The minimum Gasteiger partial charge on any atom is -0.462 e. The van der Waals surface area contributed by atoms with Crippen LogP contribution < -0.4 is 16.6 Å². The number of carbonyl (C=O) groups excluding carboxylic acids is 3. The van der Waals surface area contributed by atoms with E-state index >= 15 is 0 Å². The van der Waals surface area contributed by atoms with Gasteiger partial charge in [0.25, 0.3) is 11.5 Å². The number of furan rings is 1. The second kappa shape index (κ2) is 8.24. The summed E-state index contributed by atoms with van der Waals surface area (Å²) in [6.45, 7) is 4.64. The van der Waals surface area contributed by atoms with Gasteiger partial charge in [-0.2, -0.15) is 0 Å². The van der Waals surface area contributed by atoms with Gasteiger partial charge in [0.05, 0.1) is 12.1 Å². The monoisotopic (exact) mass is 411 g/mol. The van der Waals surface area contributed by atoms with Crippen LogP contribution in [0.15, 0.2) is 39.5 Å². The number of pyridine rings is 1. The maximum atomic E-state index is 12.7. The number of nitrogens with zero attached hydrogens (tertiary/aromatic N) is 1. The zero-order chi connectivity index (χ0) is 22.0. The zero-order valence-electron chi connectivity index (χ0n) is 16.8. The normalized spacial score (nSPS) is 10.8. The maximum absolute atomic E-state index is 12.7. The number of nitrogens with one attached hydrogen (secondary N) is 1. The molecule has 0 spiro atoms. The lowest BCUT2D eigenvalue weighted by Gasteiger charge is -2.11. The molecular formula is C21H21N3O6. The molecule has 0 saturated heterocycles. The average molecular weight is 411 g/mol. The van der Waals surface area contributed by atoms with Crippen LogP contribution in [0.1, 0.15) is 39.0 Å². The van der Waals surface area contributed by atoms with Gasteiger partial charge in [0.2, 0.25) is 11.8 Å². The number of esters is 1. The Kier molecular flexibility index (Phi) is 5.72. The predicted octanol–water partition coefficient (Wildman–Crippen LogP) is 2.13. The van der Waals surface area contributed by atoms with E-state index in [0.717, 1.165) is 10.9 Å². The molecule has 3 aromatic rings. The van der Waals surface area contributed by atoms with Crippen molar-refractivity contribution in [3.63, 3.8) is 0 Å². The molecule has 2 amide bonds. The summed E-state index contributed by atoms with van der Waals surface area (Å²) in [6, 6.07) is 8.64. The molecule has 156 valence electrons. The Morgan fingerprint density at radius 3 is 2.53 bits per heavy atom. The molecule has 9 nitrogen and oxygen atoms in total. The van der Waals surface area contributed by atoms with Gasteiger partial charge in [0, 0.05) is 11.5 Å². The van der Waals surface area contributed by atoms with Crippen LogP contribution in [-0.2, 0) is 16.1 Å². The fourth-order valence-corrected chi connectivity index (χ4v) is 3.29. The number of hydrogen-bond donors (Lipinski definition) is 2. The highest BCUT2D eigenvalue weighted by Crippen LogP contribution is 2.27. The lowest BCUT2D eigenvalue weighted by Crippen LogP contribution is -2.28.